The van der Waals surface area contributed by atoms with Crippen molar-refractivity contribution in [1.82, 2.24) is 10.3 Å². The van der Waals surface area contributed by atoms with Gasteiger partial charge in [-0.3, -0.25) is 14.6 Å². The zero-order chi connectivity index (χ0) is 9.68. The number of amides is 2. The average Bonchev–Trinajstić information content (AvgIpc) is 2.15. The van der Waals surface area contributed by atoms with Crippen molar-refractivity contribution in [2.24, 2.45) is 5.73 Å². The predicted molar refractivity (Wildman–Crippen MR) is 45.3 cm³/mol. The normalized spacial score (nSPS) is 9.23. The van der Waals surface area contributed by atoms with Gasteiger partial charge in [0.2, 0.25) is 0 Å². The standard InChI is InChI=1S/C8H9N3O2/c9-7(12)8(13)11-5-6-2-1-3-10-4-6/h1-4H,5H2,(H2,9,12)(H,11,13). The molecule has 0 aliphatic heterocycles. The van der Waals surface area contributed by atoms with E-state index in [1.165, 1.54) is 0 Å². The molecule has 5 heteroatoms. The van der Waals surface area contributed by atoms with Crippen molar-refractivity contribution in [3.8, 4) is 0 Å². The molecule has 0 bridgehead atoms. The SMILES string of the molecule is NC(=O)C(=O)NCc1cccnc1. The second-order valence-electron chi connectivity index (χ2n) is 2.41. The Morgan fingerprint density at radius 3 is 2.85 bits per heavy atom. The number of carbonyl (C=O) groups is 2. The van der Waals surface area contributed by atoms with Gasteiger partial charge in [-0.25, -0.2) is 0 Å². The van der Waals surface area contributed by atoms with Gasteiger partial charge in [-0.15, -0.1) is 0 Å². The molecule has 0 atom stereocenters. The third-order valence-electron chi connectivity index (χ3n) is 1.40. The van der Waals surface area contributed by atoms with Gasteiger partial charge in [-0.2, -0.15) is 0 Å². The Labute approximate surface area is 75.0 Å². The molecular weight excluding hydrogens is 170 g/mol. The number of hydrogen-bond acceptors (Lipinski definition) is 3. The number of nitrogens with two attached hydrogens (primary N) is 1. The molecule has 68 valence electrons. The van der Waals surface area contributed by atoms with Crippen molar-refractivity contribution in [1.29, 1.82) is 0 Å². The fourth-order valence-corrected chi connectivity index (χ4v) is 0.772. The van der Waals surface area contributed by atoms with Gasteiger partial charge in [0.05, 0.1) is 0 Å². The molecule has 0 spiro atoms. The summed E-state index contributed by atoms with van der Waals surface area (Å²) in [4.78, 5) is 24.9. The van der Waals surface area contributed by atoms with Gasteiger partial charge in [0.1, 0.15) is 0 Å². The highest BCUT2D eigenvalue weighted by atomic mass is 16.2. The first-order valence-electron chi connectivity index (χ1n) is 3.66. The van der Waals surface area contributed by atoms with Crippen LogP contribution in [0, 0.1) is 0 Å². The smallest absolute Gasteiger partial charge is 0.309 e. The van der Waals surface area contributed by atoms with Crippen LogP contribution in [0.2, 0.25) is 0 Å². The molecule has 13 heavy (non-hydrogen) atoms. The zero-order valence-electron chi connectivity index (χ0n) is 6.86. The van der Waals surface area contributed by atoms with Gasteiger partial charge >= 0.3 is 11.8 Å². The van der Waals surface area contributed by atoms with Crippen molar-refractivity contribution < 1.29 is 9.59 Å². The molecule has 0 aliphatic carbocycles. The molecular formula is C8H9N3O2. The number of rotatable bonds is 2. The molecule has 0 aliphatic rings. The van der Waals surface area contributed by atoms with E-state index in [2.05, 4.69) is 10.3 Å². The number of aromatic nitrogens is 1. The highest BCUT2D eigenvalue weighted by Crippen LogP contribution is 1.93. The summed E-state index contributed by atoms with van der Waals surface area (Å²) >= 11 is 0. The van der Waals surface area contributed by atoms with E-state index in [4.69, 9.17) is 5.73 Å². The fourth-order valence-electron chi connectivity index (χ4n) is 0.772. The van der Waals surface area contributed by atoms with E-state index >= 15 is 0 Å². The van der Waals surface area contributed by atoms with E-state index in [1.54, 1.807) is 24.5 Å². The molecule has 1 aromatic rings. The summed E-state index contributed by atoms with van der Waals surface area (Å²) in [7, 11) is 0. The largest absolute Gasteiger partial charge is 0.361 e. The summed E-state index contributed by atoms with van der Waals surface area (Å²) in [5, 5.41) is 2.34. The Balaban J connectivity index is 2.44. The topological polar surface area (TPSA) is 85.1 Å². The Morgan fingerprint density at radius 2 is 2.31 bits per heavy atom. The summed E-state index contributed by atoms with van der Waals surface area (Å²) in [6.45, 7) is 0.260. The number of nitrogens with zero attached hydrogens (tertiary/aromatic N) is 1. The Hall–Kier alpha value is -1.91. The Kier molecular flexibility index (Phi) is 2.97. The lowest BCUT2D eigenvalue weighted by molar-refractivity contribution is -0.137. The number of hydrogen-bond donors (Lipinski definition) is 2. The van der Waals surface area contributed by atoms with Gasteiger partial charge < -0.3 is 11.1 Å². The first-order chi connectivity index (χ1) is 6.20. The van der Waals surface area contributed by atoms with Crippen LogP contribution in [0.3, 0.4) is 0 Å². The summed E-state index contributed by atoms with van der Waals surface area (Å²) < 4.78 is 0. The van der Waals surface area contributed by atoms with Crippen molar-refractivity contribution in [3.63, 3.8) is 0 Å². The molecule has 0 saturated carbocycles. The van der Waals surface area contributed by atoms with E-state index in [9.17, 15) is 9.59 Å². The quantitative estimate of drug-likeness (QED) is 0.582. The van der Waals surface area contributed by atoms with Crippen molar-refractivity contribution >= 4 is 11.8 Å². The molecule has 2 amide bonds. The van der Waals surface area contributed by atoms with Crippen LogP contribution in [-0.4, -0.2) is 16.8 Å². The van der Waals surface area contributed by atoms with Gasteiger partial charge in [0.25, 0.3) is 0 Å². The van der Waals surface area contributed by atoms with Crippen molar-refractivity contribution in [3.05, 3.63) is 30.1 Å². The first-order valence-corrected chi connectivity index (χ1v) is 3.66. The molecule has 0 unspecified atom stereocenters. The lowest BCUT2D eigenvalue weighted by Gasteiger charge is -2.00. The maximum atomic E-state index is 10.7. The average molecular weight is 179 g/mol. The Bertz CT molecular complexity index is 310. The maximum Gasteiger partial charge on any atom is 0.309 e. The maximum absolute atomic E-state index is 10.7. The number of carbonyl (C=O) groups excluding carboxylic acids is 2. The summed E-state index contributed by atoms with van der Waals surface area (Å²) in [6.07, 6.45) is 3.22. The number of pyridine rings is 1. The minimum Gasteiger partial charge on any atom is -0.361 e. The molecule has 0 saturated heterocycles. The monoisotopic (exact) mass is 179 g/mol. The molecule has 3 N–H and O–H groups in total. The van der Waals surface area contributed by atoms with Crippen molar-refractivity contribution in [2.45, 2.75) is 6.54 Å². The van der Waals surface area contributed by atoms with E-state index in [1.807, 2.05) is 0 Å². The van der Waals surface area contributed by atoms with Crippen LogP contribution in [-0.2, 0) is 16.1 Å². The molecule has 0 fully saturated rings. The lowest BCUT2D eigenvalue weighted by atomic mass is 10.3. The highest BCUT2D eigenvalue weighted by Gasteiger charge is 2.06. The number of nitrogens with one attached hydrogen (secondary N) is 1. The van der Waals surface area contributed by atoms with Crippen LogP contribution in [0.15, 0.2) is 24.5 Å². The summed E-state index contributed by atoms with van der Waals surface area (Å²) in [5.74, 6) is -1.77. The number of primary amides is 1. The molecule has 5 nitrogen and oxygen atoms in total. The first kappa shape index (κ1) is 9.18. The minimum atomic E-state index is -0.983. The van der Waals surface area contributed by atoms with Crippen LogP contribution in [0.5, 0.6) is 0 Å². The van der Waals surface area contributed by atoms with Gasteiger partial charge in [-0.05, 0) is 11.6 Å². The zero-order valence-corrected chi connectivity index (χ0v) is 6.86. The van der Waals surface area contributed by atoms with E-state index in [0.29, 0.717) is 0 Å². The predicted octanol–water partition coefficient (Wildman–Crippen LogP) is -0.817. The molecule has 1 rings (SSSR count). The van der Waals surface area contributed by atoms with Crippen LogP contribution in [0.25, 0.3) is 0 Å². The van der Waals surface area contributed by atoms with Crippen molar-refractivity contribution in [2.75, 3.05) is 0 Å². The lowest BCUT2D eigenvalue weighted by Crippen LogP contribution is -2.35. The Morgan fingerprint density at radius 1 is 1.54 bits per heavy atom. The molecule has 1 aromatic heterocycles. The van der Waals surface area contributed by atoms with Crippen LogP contribution in [0.4, 0.5) is 0 Å². The van der Waals surface area contributed by atoms with Gasteiger partial charge in [0.15, 0.2) is 0 Å². The third kappa shape index (κ3) is 2.90. The van der Waals surface area contributed by atoms with E-state index < -0.39 is 11.8 Å². The third-order valence-corrected chi connectivity index (χ3v) is 1.40. The summed E-state index contributed by atoms with van der Waals surface area (Å²) in [6, 6.07) is 3.53. The fraction of sp³-hybridized carbons (Fsp3) is 0.125. The summed E-state index contributed by atoms with van der Waals surface area (Å²) in [5.41, 5.74) is 5.55. The van der Waals surface area contributed by atoms with Crippen LogP contribution < -0.4 is 11.1 Å². The second-order valence-corrected chi connectivity index (χ2v) is 2.41. The van der Waals surface area contributed by atoms with Crippen LogP contribution in [0.1, 0.15) is 5.56 Å². The molecule has 0 radical (unpaired) electrons. The highest BCUT2D eigenvalue weighted by molar-refractivity contribution is 6.34. The molecule has 0 aromatic carbocycles. The van der Waals surface area contributed by atoms with E-state index in [-0.39, 0.29) is 6.54 Å². The van der Waals surface area contributed by atoms with Gasteiger partial charge in [0, 0.05) is 18.9 Å². The van der Waals surface area contributed by atoms with Crippen LogP contribution >= 0.6 is 0 Å². The minimum absolute atomic E-state index is 0.260. The second kappa shape index (κ2) is 4.20. The van der Waals surface area contributed by atoms with Gasteiger partial charge in [-0.1, -0.05) is 6.07 Å². The van der Waals surface area contributed by atoms with E-state index in [0.717, 1.165) is 5.56 Å². The molecule has 1 heterocycles.